The van der Waals surface area contributed by atoms with Gasteiger partial charge in [-0.15, -0.1) is 0 Å². The third-order valence-electron chi connectivity index (χ3n) is 3.09. The number of anilines is 1. The van der Waals surface area contributed by atoms with Crippen molar-refractivity contribution in [2.45, 2.75) is 20.0 Å². The van der Waals surface area contributed by atoms with Crippen LogP contribution in [0.5, 0.6) is 0 Å². The molecule has 0 saturated heterocycles. The van der Waals surface area contributed by atoms with Crippen LogP contribution in [-0.2, 0) is 6.18 Å². The van der Waals surface area contributed by atoms with Gasteiger partial charge >= 0.3 is 6.18 Å². The van der Waals surface area contributed by atoms with Gasteiger partial charge in [0.1, 0.15) is 0 Å². The molecule has 0 radical (unpaired) electrons. The van der Waals surface area contributed by atoms with E-state index in [4.69, 9.17) is 5.73 Å². The minimum Gasteiger partial charge on any atom is -0.384 e. The zero-order valence-electron chi connectivity index (χ0n) is 10.9. The molecule has 0 spiro atoms. The van der Waals surface area contributed by atoms with Gasteiger partial charge in [-0.3, -0.25) is 0 Å². The van der Waals surface area contributed by atoms with E-state index >= 15 is 0 Å². The number of nitrogens with two attached hydrogens (primary N) is 1. The van der Waals surface area contributed by atoms with E-state index < -0.39 is 11.7 Å². The average Bonchev–Trinajstić information content (AvgIpc) is 2.29. The predicted molar refractivity (Wildman–Crippen MR) is 75.0 cm³/mol. The van der Waals surface area contributed by atoms with Crippen LogP contribution in [0.2, 0.25) is 0 Å². The molecule has 0 aliphatic carbocycles. The van der Waals surface area contributed by atoms with Crippen molar-refractivity contribution in [3.05, 3.63) is 28.2 Å². The second kappa shape index (κ2) is 6.61. The third-order valence-corrected chi connectivity index (χ3v) is 3.58. The molecule has 6 heteroatoms. The topological polar surface area (TPSA) is 38.0 Å². The van der Waals surface area contributed by atoms with Crippen molar-refractivity contribution < 1.29 is 13.2 Å². The molecule has 0 aliphatic rings. The van der Waals surface area contributed by atoms with E-state index in [1.807, 2.05) is 13.8 Å². The summed E-state index contributed by atoms with van der Waals surface area (Å²) in [6.45, 7) is 4.89. The van der Waals surface area contributed by atoms with Crippen molar-refractivity contribution in [3.8, 4) is 0 Å². The second-order valence-corrected chi connectivity index (χ2v) is 5.72. The maximum absolute atomic E-state index is 12.9. The van der Waals surface area contributed by atoms with E-state index in [1.54, 1.807) is 6.07 Å². The fourth-order valence-corrected chi connectivity index (χ4v) is 2.10. The van der Waals surface area contributed by atoms with E-state index in [1.165, 1.54) is 6.07 Å². The summed E-state index contributed by atoms with van der Waals surface area (Å²) in [7, 11) is 0. The predicted octanol–water partition coefficient (Wildman–Crippen LogP) is 4.11. The molecule has 0 aliphatic heterocycles. The summed E-state index contributed by atoms with van der Waals surface area (Å²) >= 11 is 3.06. The molecule has 108 valence electrons. The Labute approximate surface area is 119 Å². The summed E-state index contributed by atoms with van der Waals surface area (Å²) in [5.74, 6) is 0.465. The van der Waals surface area contributed by atoms with Crippen LogP contribution in [0.25, 0.3) is 0 Å². The van der Waals surface area contributed by atoms with E-state index in [9.17, 15) is 13.2 Å². The number of nitrogens with one attached hydrogen (secondary N) is 1. The molecule has 0 saturated carbocycles. The number of halogens is 4. The molecule has 2 nitrogen and oxygen atoms in total. The summed E-state index contributed by atoms with van der Waals surface area (Å²) < 4.78 is 39.1. The normalized spacial score (nSPS) is 13.7. The summed E-state index contributed by atoms with van der Waals surface area (Å²) in [4.78, 5) is 0. The molecule has 0 amide bonds. The SMILES string of the molecule is CC(C)C(CN)CNc1ccc(Br)cc1C(F)(F)F. The first-order chi connectivity index (χ1) is 8.75. The first-order valence-corrected chi connectivity index (χ1v) is 6.85. The summed E-state index contributed by atoms with van der Waals surface area (Å²) in [6.07, 6.45) is -4.37. The maximum Gasteiger partial charge on any atom is 0.418 e. The van der Waals surface area contributed by atoms with Gasteiger partial charge in [-0.2, -0.15) is 13.2 Å². The van der Waals surface area contributed by atoms with Crippen LogP contribution in [-0.4, -0.2) is 13.1 Å². The Kier molecular flexibility index (Phi) is 5.67. The molecule has 1 atom stereocenters. The van der Waals surface area contributed by atoms with Crippen LogP contribution in [0.4, 0.5) is 18.9 Å². The van der Waals surface area contributed by atoms with Crippen molar-refractivity contribution in [1.29, 1.82) is 0 Å². The molecular formula is C13H18BrF3N2. The second-order valence-electron chi connectivity index (χ2n) is 4.81. The quantitative estimate of drug-likeness (QED) is 0.847. The first-order valence-electron chi connectivity index (χ1n) is 6.06. The molecule has 1 rings (SSSR count). The maximum atomic E-state index is 12.9. The largest absolute Gasteiger partial charge is 0.418 e. The van der Waals surface area contributed by atoms with Gasteiger partial charge in [0.2, 0.25) is 0 Å². The number of hydrogen-bond donors (Lipinski definition) is 2. The van der Waals surface area contributed by atoms with Crippen LogP contribution in [0.15, 0.2) is 22.7 Å². The standard InChI is InChI=1S/C13H18BrF3N2/c1-8(2)9(6-18)7-19-12-4-3-10(14)5-11(12)13(15,16)17/h3-5,8-9,19H,6-7,18H2,1-2H3. The Balaban J connectivity index is 2.89. The molecule has 19 heavy (non-hydrogen) atoms. The number of alkyl halides is 3. The Bertz CT molecular complexity index is 419. The van der Waals surface area contributed by atoms with Crippen molar-refractivity contribution in [1.82, 2.24) is 0 Å². The molecule has 0 aromatic heterocycles. The van der Waals surface area contributed by atoms with Gasteiger partial charge in [0, 0.05) is 16.7 Å². The average molecular weight is 339 g/mol. The lowest BCUT2D eigenvalue weighted by molar-refractivity contribution is -0.137. The van der Waals surface area contributed by atoms with Crippen molar-refractivity contribution in [2.75, 3.05) is 18.4 Å². The fourth-order valence-electron chi connectivity index (χ4n) is 1.74. The lowest BCUT2D eigenvalue weighted by atomic mass is 9.96. The number of benzene rings is 1. The van der Waals surface area contributed by atoms with E-state index in [2.05, 4.69) is 21.2 Å². The number of rotatable bonds is 5. The molecule has 1 aromatic rings. The van der Waals surface area contributed by atoms with E-state index in [-0.39, 0.29) is 11.6 Å². The Morgan fingerprint density at radius 2 is 1.95 bits per heavy atom. The Morgan fingerprint density at radius 1 is 1.32 bits per heavy atom. The molecular weight excluding hydrogens is 321 g/mol. The van der Waals surface area contributed by atoms with Crippen molar-refractivity contribution >= 4 is 21.6 Å². The van der Waals surface area contributed by atoms with Gasteiger partial charge in [-0.25, -0.2) is 0 Å². The highest BCUT2D eigenvalue weighted by Crippen LogP contribution is 2.36. The van der Waals surface area contributed by atoms with Gasteiger partial charge in [0.25, 0.3) is 0 Å². The summed E-state index contributed by atoms with van der Waals surface area (Å²) in [6, 6.07) is 4.10. The molecule has 0 fully saturated rings. The summed E-state index contributed by atoms with van der Waals surface area (Å²) in [5.41, 5.74) is 5.04. The lowest BCUT2D eigenvalue weighted by Crippen LogP contribution is -2.28. The minimum atomic E-state index is -4.37. The summed E-state index contributed by atoms with van der Waals surface area (Å²) in [5, 5.41) is 2.86. The van der Waals surface area contributed by atoms with Crippen LogP contribution in [0, 0.1) is 11.8 Å². The monoisotopic (exact) mass is 338 g/mol. The van der Waals surface area contributed by atoms with Crippen molar-refractivity contribution in [3.63, 3.8) is 0 Å². The van der Waals surface area contributed by atoms with E-state index in [0.717, 1.165) is 6.07 Å². The highest BCUT2D eigenvalue weighted by atomic mass is 79.9. The zero-order chi connectivity index (χ0) is 14.6. The highest BCUT2D eigenvalue weighted by molar-refractivity contribution is 9.10. The van der Waals surface area contributed by atoms with Gasteiger partial charge in [0.15, 0.2) is 0 Å². The molecule has 0 heterocycles. The van der Waals surface area contributed by atoms with Crippen LogP contribution in [0.1, 0.15) is 19.4 Å². The van der Waals surface area contributed by atoms with Gasteiger partial charge < -0.3 is 11.1 Å². The Morgan fingerprint density at radius 3 is 2.42 bits per heavy atom. The van der Waals surface area contributed by atoms with Crippen LogP contribution < -0.4 is 11.1 Å². The van der Waals surface area contributed by atoms with E-state index in [0.29, 0.717) is 23.5 Å². The van der Waals surface area contributed by atoms with Gasteiger partial charge in [0.05, 0.1) is 5.56 Å². The molecule has 1 unspecified atom stereocenters. The van der Waals surface area contributed by atoms with Crippen molar-refractivity contribution in [2.24, 2.45) is 17.6 Å². The first kappa shape index (κ1) is 16.3. The smallest absolute Gasteiger partial charge is 0.384 e. The van der Waals surface area contributed by atoms with Crippen LogP contribution >= 0.6 is 15.9 Å². The Hall–Kier alpha value is -0.750. The minimum absolute atomic E-state index is 0.0924. The third kappa shape index (κ3) is 4.69. The molecule has 1 aromatic carbocycles. The van der Waals surface area contributed by atoms with Crippen LogP contribution in [0.3, 0.4) is 0 Å². The fraction of sp³-hybridized carbons (Fsp3) is 0.538. The highest BCUT2D eigenvalue weighted by Gasteiger charge is 2.33. The van der Waals surface area contributed by atoms with Gasteiger partial charge in [-0.1, -0.05) is 29.8 Å². The number of hydrogen-bond acceptors (Lipinski definition) is 2. The van der Waals surface area contributed by atoms with Gasteiger partial charge in [-0.05, 0) is 36.6 Å². The molecule has 0 bridgehead atoms. The molecule has 3 N–H and O–H groups in total. The zero-order valence-corrected chi connectivity index (χ0v) is 12.5. The lowest BCUT2D eigenvalue weighted by Gasteiger charge is -2.22.